The zero-order valence-electron chi connectivity index (χ0n) is 16.0. The lowest BCUT2D eigenvalue weighted by Crippen LogP contribution is -2.35. The lowest BCUT2D eigenvalue weighted by atomic mass is 9.95. The third kappa shape index (κ3) is 3.80. The fraction of sp³-hybridized carbons (Fsp3) is 0.316. The number of nitrogens with one attached hydrogen (secondary N) is 1. The summed E-state index contributed by atoms with van der Waals surface area (Å²) in [6.45, 7) is 1.52. The van der Waals surface area contributed by atoms with Gasteiger partial charge in [0.25, 0.3) is 0 Å². The van der Waals surface area contributed by atoms with E-state index < -0.39 is 11.9 Å². The molecule has 12 heteroatoms. The van der Waals surface area contributed by atoms with Crippen molar-refractivity contribution in [3.05, 3.63) is 53.7 Å². The number of imidazole rings is 2. The van der Waals surface area contributed by atoms with Gasteiger partial charge in [0.1, 0.15) is 11.5 Å². The van der Waals surface area contributed by atoms with Crippen molar-refractivity contribution in [2.24, 2.45) is 0 Å². The number of fused-ring (bicyclic) bond motifs is 1. The molecule has 8 nitrogen and oxygen atoms in total. The van der Waals surface area contributed by atoms with E-state index in [9.17, 15) is 13.2 Å². The summed E-state index contributed by atoms with van der Waals surface area (Å²) in [5.41, 5.74) is 0.607. The van der Waals surface area contributed by atoms with Crippen molar-refractivity contribution >= 4 is 23.1 Å². The number of nitrogens with zero attached hydrogens (tertiary/aromatic N) is 7. The van der Waals surface area contributed by atoms with Gasteiger partial charge in [-0.2, -0.15) is 13.2 Å². The minimum absolute atomic E-state index is 0.225. The molecule has 1 N–H and O–H groups in total. The first-order chi connectivity index (χ1) is 14.9. The minimum Gasteiger partial charge on any atom is -0.356 e. The third-order valence-corrected chi connectivity index (χ3v) is 5.50. The van der Waals surface area contributed by atoms with Crippen molar-refractivity contribution in [3.8, 4) is 11.5 Å². The molecular weight excluding hydrogens is 433 g/mol. The van der Waals surface area contributed by atoms with Crippen LogP contribution in [0.1, 0.15) is 30.1 Å². The predicted molar refractivity (Wildman–Crippen MR) is 107 cm³/mol. The van der Waals surface area contributed by atoms with Crippen molar-refractivity contribution in [2.75, 3.05) is 18.0 Å². The van der Waals surface area contributed by atoms with E-state index in [4.69, 9.17) is 11.6 Å². The predicted octanol–water partition coefficient (Wildman–Crippen LogP) is 3.97. The van der Waals surface area contributed by atoms with Crippen LogP contribution in [0.15, 0.2) is 37.1 Å². The van der Waals surface area contributed by atoms with Gasteiger partial charge in [-0.1, -0.05) is 0 Å². The number of H-pyrrole nitrogens is 1. The third-order valence-electron chi connectivity index (χ3n) is 5.31. The quantitative estimate of drug-likeness (QED) is 0.510. The van der Waals surface area contributed by atoms with Crippen LogP contribution in [0, 0.1) is 0 Å². The van der Waals surface area contributed by atoms with Crippen LogP contribution < -0.4 is 4.90 Å². The van der Waals surface area contributed by atoms with E-state index in [1.54, 1.807) is 18.5 Å². The number of piperidine rings is 1. The second kappa shape index (κ2) is 7.49. The summed E-state index contributed by atoms with van der Waals surface area (Å²) in [4.78, 5) is 25.7. The molecule has 1 fully saturated rings. The SMILES string of the molecule is FC(F)(F)c1cn2c(-c3nccc(N4CCCC(c5cnc(Cl)[nH]5)C4)n3)cnc2cn1. The molecule has 1 atom stereocenters. The normalized spacial score (nSPS) is 17.4. The number of aromatic amines is 1. The van der Waals surface area contributed by atoms with E-state index in [0.717, 1.165) is 37.5 Å². The van der Waals surface area contributed by atoms with Crippen molar-refractivity contribution < 1.29 is 13.2 Å². The molecular formula is C19H16ClF3N8. The van der Waals surface area contributed by atoms with Crippen LogP contribution in [-0.4, -0.2) is 47.4 Å². The highest BCUT2D eigenvalue weighted by molar-refractivity contribution is 6.28. The van der Waals surface area contributed by atoms with Crippen molar-refractivity contribution in [2.45, 2.75) is 24.9 Å². The Hall–Kier alpha value is -3.21. The summed E-state index contributed by atoms with van der Waals surface area (Å²) >= 11 is 5.91. The Bertz CT molecular complexity index is 1230. The lowest BCUT2D eigenvalue weighted by molar-refractivity contribution is -0.141. The molecule has 0 aliphatic carbocycles. The maximum Gasteiger partial charge on any atom is 0.434 e. The van der Waals surface area contributed by atoms with Crippen molar-refractivity contribution in [1.29, 1.82) is 0 Å². The van der Waals surface area contributed by atoms with Gasteiger partial charge in [-0.3, -0.25) is 4.40 Å². The van der Waals surface area contributed by atoms with Crippen LogP contribution in [0.4, 0.5) is 19.0 Å². The second-order valence-corrected chi connectivity index (χ2v) is 7.65. The maximum atomic E-state index is 13.1. The van der Waals surface area contributed by atoms with E-state index in [2.05, 4.69) is 34.8 Å². The fourth-order valence-corrected chi connectivity index (χ4v) is 3.96. The zero-order valence-corrected chi connectivity index (χ0v) is 16.8. The van der Waals surface area contributed by atoms with Crippen LogP contribution >= 0.6 is 11.6 Å². The smallest absolute Gasteiger partial charge is 0.356 e. The molecule has 0 saturated carbocycles. The van der Waals surface area contributed by atoms with Gasteiger partial charge in [0, 0.05) is 43.3 Å². The largest absolute Gasteiger partial charge is 0.434 e. The number of anilines is 1. The molecule has 4 aromatic rings. The number of hydrogen-bond donors (Lipinski definition) is 1. The van der Waals surface area contributed by atoms with Gasteiger partial charge in [0.05, 0.1) is 12.4 Å². The molecule has 160 valence electrons. The molecule has 1 aliphatic heterocycles. The topological polar surface area (TPSA) is 87.9 Å². The molecule has 0 spiro atoms. The van der Waals surface area contributed by atoms with E-state index in [0.29, 0.717) is 23.3 Å². The molecule has 1 unspecified atom stereocenters. The molecule has 1 aliphatic rings. The first kappa shape index (κ1) is 19.7. The van der Waals surface area contributed by atoms with Gasteiger partial charge < -0.3 is 9.88 Å². The van der Waals surface area contributed by atoms with Crippen LogP contribution in [0.2, 0.25) is 5.28 Å². The van der Waals surface area contributed by atoms with Gasteiger partial charge in [0.2, 0.25) is 0 Å². The number of rotatable bonds is 3. The summed E-state index contributed by atoms with van der Waals surface area (Å²) in [6, 6.07) is 1.79. The van der Waals surface area contributed by atoms with Crippen LogP contribution in [0.5, 0.6) is 0 Å². The molecule has 0 radical (unpaired) electrons. The summed E-state index contributed by atoms with van der Waals surface area (Å²) in [6.07, 6.45) is 4.17. The van der Waals surface area contributed by atoms with E-state index in [-0.39, 0.29) is 17.4 Å². The summed E-state index contributed by atoms with van der Waals surface area (Å²) < 4.78 is 40.6. The highest BCUT2D eigenvalue weighted by atomic mass is 35.5. The molecule has 5 heterocycles. The Balaban J connectivity index is 1.47. The number of halogens is 4. The average molecular weight is 449 g/mol. The first-order valence-electron chi connectivity index (χ1n) is 9.57. The number of alkyl halides is 3. The maximum absolute atomic E-state index is 13.1. The Morgan fingerprint density at radius 2 is 1.97 bits per heavy atom. The van der Waals surface area contributed by atoms with Gasteiger partial charge in [-0.25, -0.2) is 24.9 Å². The molecule has 0 bridgehead atoms. The van der Waals surface area contributed by atoms with E-state index in [1.165, 1.54) is 10.6 Å². The van der Waals surface area contributed by atoms with Crippen molar-refractivity contribution in [1.82, 2.24) is 34.3 Å². The highest BCUT2D eigenvalue weighted by Gasteiger charge is 2.33. The fourth-order valence-electron chi connectivity index (χ4n) is 3.81. The molecule has 0 aromatic carbocycles. The Labute approximate surface area is 179 Å². The minimum atomic E-state index is -4.56. The second-order valence-electron chi connectivity index (χ2n) is 7.29. The summed E-state index contributed by atoms with van der Waals surface area (Å²) in [7, 11) is 0. The number of aromatic nitrogens is 7. The van der Waals surface area contributed by atoms with Crippen LogP contribution in [0.3, 0.4) is 0 Å². The molecule has 1 saturated heterocycles. The van der Waals surface area contributed by atoms with Crippen LogP contribution in [-0.2, 0) is 6.18 Å². The molecule has 5 rings (SSSR count). The Morgan fingerprint density at radius 3 is 2.74 bits per heavy atom. The van der Waals surface area contributed by atoms with Crippen LogP contribution in [0.25, 0.3) is 17.2 Å². The van der Waals surface area contributed by atoms with E-state index in [1.807, 2.05) is 0 Å². The Kier molecular flexibility index (Phi) is 4.77. The van der Waals surface area contributed by atoms with Gasteiger partial charge >= 0.3 is 6.18 Å². The van der Waals surface area contributed by atoms with Gasteiger partial charge in [0.15, 0.2) is 22.4 Å². The van der Waals surface area contributed by atoms with Gasteiger partial charge in [-0.05, 0) is 30.5 Å². The number of hydrogen-bond acceptors (Lipinski definition) is 6. The molecule has 0 amide bonds. The summed E-state index contributed by atoms with van der Waals surface area (Å²) in [5, 5.41) is 0.358. The summed E-state index contributed by atoms with van der Waals surface area (Å²) in [5.74, 6) is 1.21. The monoisotopic (exact) mass is 448 g/mol. The molecule has 31 heavy (non-hydrogen) atoms. The standard InChI is InChI=1S/C19H16ClF3N8/c20-18-27-6-12(28-18)11-2-1-5-30(9-11)15-3-4-24-17(29-15)13-7-26-16-8-25-14(10-31(13)16)19(21,22)23/h3-4,6-8,10-11H,1-2,5,9H2,(H,27,28). The Morgan fingerprint density at radius 1 is 1.10 bits per heavy atom. The zero-order chi connectivity index (χ0) is 21.6. The molecule has 4 aromatic heterocycles. The first-order valence-corrected chi connectivity index (χ1v) is 9.95. The van der Waals surface area contributed by atoms with E-state index >= 15 is 0 Å². The average Bonchev–Trinajstić information content (AvgIpc) is 3.39. The highest BCUT2D eigenvalue weighted by Crippen LogP contribution is 2.31. The van der Waals surface area contributed by atoms with Crippen molar-refractivity contribution in [3.63, 3.8) is 0 Å². The lowest BCUT2D eigenvalue weighted by Gasteiger charge is -2.33. The van der Waals surface area contributed by atoms with Gasteiger partial charge in [-0.15, -0.1) is 0 Å².